The average molecular weight is 378 g/mol. The highest BCUT2D eigenvalue weighted by molar-refractivity contribution is 8.13. The first-order chi connectivity index (χ1) is 11.5. The van der Waals surface area contributed by atoms with Crippen molar-refractivity contribution < 1.29 is 17.9 Å². The number of ether oxygens (including phenoxy) is 1. The molecule has 0 saturated carbocycles. The topological polar surface area (TPSA) is 73.3 Å². The number of nitrogens with zero attached hydrogens (tertiary/aromatic N) is 1. The van der Waals surface area contributed by atoms with E-state index in [1.165, 1.54) is 12.1 Å². The quantitative estimate of drug-likeness (QED) is 0.379. The molecule has 0 aliphatic carbocycles. The summed E-state index contributed by atoms with van der Waals surface area (Å²) in [5, 5.41) is 1.35. The number of fused-ring (bicyclic) bond motifs is 2. The van der Waals surface area contributed by atoms with Crippen molar-refractivity contribution in [1.82, 2.24) is 4.98 Å². The van der Waals surface area contributed by atoms with Crippen LogP contribution >= 0.6 is 10.7 Å². The Labute approximate surface area is 150 Å². The van der Waals surface area contributed by atoms with Crippen molar-refractivity contribution in [2.24, 2.45) is 0 Å². The SMILES string of the molecule is CC(C)(C)OC(=O)c1cc(S(=O)(=O)Cl)cc2nc3ccccc3cc12. The third kappa shape index (κ3) is 3.75. The van der Waals surface area contributed by atoms with Crippen LogP contribution in [0, 0.1) is 0 Å². The van der Waals surface area contributed by atoms with E-state index in [1.807, 2.05) is 24.3 Å². The summed E-state index contributed by atoms with van der Waals surface area (Å²) in [5.74, 6) is -0.628. The van der Waals surface area contributed by atoms with Crippen LogP contribution in [0.3, 0.4) is 0 Å². The van der Waals surface area contributed by atoms with E-state index in [4.69, 9.17) is 15.4 Å². The number of halogens is 1. The summed E-state index contributed by atoms with van der Waals surface area (Å²) < 4.78 is 29.0. The van der Waals surface area contributed by atoms with Crippen LogP contribution in [0.4, 0.5) is 0 Å². The van der Waals surface area contributed by atoms with Gasteiger partial charge < -0.3 is 4.74 Å². The second-order valence-corrected chi connectivity index (χ2v) is 9.22. The van der Waals surface area contributed by atoms with Gasteiger partial charge >= 0.3 is 5.97 Å². The molecule has 3 rings (SSSR count). The number of benzene rings is 2. The third-order valence-electron chi connectivity index (χ3n) is 3.51. The zero-order valence-corrected chi connectivity index (χ0v) is 15.5. The van der Waals surface area contributed by atoms with E-state index in [-0.39, 0.29) is 10.5 Å². The van der Waals surface area contributed by atoms with Crippen molar-refractivity contribution in [3.63, 3.8) is 0 Å². The van der Waals surface area contributed by atoms with E-state index >= 15 is 0 Å². The highest BCUT2D eigenvalue weighted by Gasteiger charge is 2.23. The van der Waals surface area contributed by atoms with Crippen molar-refractivity contribution in [2.45, 2.75) is 31.3 Å². The van der Waals surface area contributed by atoms with Gasteiger partial charge in [0, 0.05) is 21.5 Å². The molecule has 0 spiro atoms. The summed E-state index contributed by atoms with van der Waals surface area (Å²) in [7, 11) is 1.46. The normalized spacial score (nSPS) is 12.5. The van der Waals surface area contributed by atoms with Gasteiger partial charge in [0.2, 0.25) is 0 Å². The van der Waals surface area contributed by atoms with Gasteiger partial charge in [0.05, 0.1) is 21.5 Å². The molecular formula is C18H16ClNO4S. The molecule has 0 aliphatic heterocycles. The fourth-order valence-electron chi connectivity index (χ4n) is 2.50. The zero-order chi connectivity index (χ0) is 18.4. The maximum absolute atomic E-state index is 12.6. The number of esters is 1. The maximum atomic E-state index is 12.6. The second-order valence-electron chi connectivity index (χ2n) is 6.66. The number of rotatable bonds is 2. The van der Waals surface area contributed by atoms with E-state index < -0.39 is 20.6 Å². The van der Waals surface area contributed by atoms with Crippen LogP contribution in [0.25, 0.3) is 21.8 Å². The molecule has 7 heteroatoms. The molecule has 0 unspecified atom stereocenters. The molecular weight excluding hydrogens is 362 g/mol. The van der Waals surface area contributed by atoms with Crippen LogP contribution in [-0.4, -0.2) is 25.0 Å². The molecule has 3 aromatic rings. The number of pyridine rings is 1. The maximum Gasteiger partial charge on any atom is 0.339 e. The smallest absolute Gasteiger partial charge is 0.339 e. The lowest BCUT2D eigenvalue weighted by molar-refractivity contribution is 0.00716. The monoisotopic (exact) mass is 377 g/mol. The molecule has 1 heterocycles. The Hall–Kier alpha value is -2.18. The Morgan fingerprint density at radius 1 is 1.08 bits per heavy atom. The summed E-state index contributed by atoms with van der Waals surface area (Å²) in [6.07, 6.45) is 0. The number of carbonyl (C=O) groups excluding carboxylic acids is 1. The minimum absolute atomic E-state index is 0.116. The van der Waals surface area contributed by atoms with Crippen LogP contribution < -0.4 is 0 Å². The van der Waals surface area contributed by atoms with Gasteiger partial charge in [0.15, 0.2) is 0 Å². The Bertz CT molecular complexity index is 1100. The molecule has 25 heavy (non-hydrogen) atoms. The van der Waals surface area contributed by atoms with Gasteiger partial charge in [-0.15, -0.1) is 0 Å². The molecule has 130 valence electrons. The average Bonchev–Trinajstić information content (AvgIpc) is 2.49. The lowest BCUT2D eigenvalue weighted by Gasteiger charge is -2.20. The molecule has 0 amide bonds. The second kappa shape index (κ2) is 5.97. The lowest BCUT2D eigenvalue weighted by Crippen LogP contribution is -2.24. The summed E-state index contributed by atoms with van der Waals surface area (Å²) in [4.78, 5) is 16.9. The van der Waals surface area contributed by atoms with Crippen molar-refractivity contribution in [3.8, 4) is 0 Å². The molecule has 0 saturated heterocycles. The number of carbonyl (C=O) groups is 1. The van der Waals surface area contributed by atoms with Gasteiger partial charge in [-0.2, -0.15) is 0 Å². The van der Waals surface area contributed by atoms with Crippen molar-refractivity contribution >= 4 is 47.5 Å². The Morgan fingerprint density at radius 2 is 1.76 bits per heavy atom. The summed E-state index contributed by atoms with van der Waals surface area (Å²) in [6, 6.07) is 11.8. The van der Waals surface area contributed by atoms with Crippen LogP contribution in [0.2, 0.25) is 0 Å². The van der Waals surface area contributed by atoms with E-state index in [9.17, 15) is 13.2 Å². The number of hydrogen-bond donors (Lipinski definition) is 0. The Morgan fingerprint density at radius 3 is 2.40 bits per heavy atom. The molecule has 0 radical (unpaired) electrons. The van der Waals surface area contributed by atoms with Gasteiger partial charge in [0.25, 0.3) is 9.05 Å². The van der Waals surface area contributed by atoms with Crippen molar-refractivity contribution in [1.29, 1.82) is 0 Å². The van der Waals surface area contributed by atoms with Crippen LogP contribution in [0.15, 0.2) is 47.4 Å². The molecule has 0 aliphatic rings. The number of aromatic nitrogens is 1. The van der Waals surface area contributed by atoms with E-state index in [0.29, 0.717) is 16.4 Å². The van der Waals surface area contributed by atoms with E-state index in [1.54, 1.807) is 26.8 Å². The third-order valence-corrected chi connectivity index (χ3v) is 4.84. The summed E-state index contributed by atoms with van der Waals surface area (Å²) in [5.41, 5.74) is 0.448. The first-order valence-corrected chi connectivity index (χ1v) is 9.87. The van der Waals surface area contributed by atoms with Crippen LogP contribution in [0.1, 0.15) is 31.1 Å². The number of hydrogen-bond acceptors (Lipinski definition) is 5. The van der Waals surface area contributed by atoms with Gasteiger partial charge in [-0.25, -0.2) is 18.2 Å². The van der Waals surface area contributed by atoms with Crippen molar-refractivity contribution in [2.75, 3.05) is 0 Å². The predicted octanol–water partition coefficient (Wildman–Crippen LogP) is 4.27. The van der Waals surface area contributed by atoms with Gasteiger partial charge in [-0.3, -0.25) is 0 Å². The summed E-state index contributed by atoms with van der Waals surface area (Å²) >= 11 is 0. The Balaban J connectivity index is 2.34. The largest absolute Gasteiger partial charge is 0.456 e. The van der Waals surface area contributed by atoms with Gasteiger partial charge in [0.1, 0.15) is 5.60 Å². The number of para-hydroxylation sites is 1. The predicted molar refractivity (Wildman–Crippen MR) is 97.5 cm³/mol. The van der Waals surface area contributed by atoms with Gasteiger partial charge in [-0.05, 0) is 45.0 Å². The summed E-state index contributed by atoms with van der Waals surface area (Å²) in [6.45, 7) is 5.22. The fraction of sp³-hybridized carbons (Fsp3) is 0.222. The lowest BCUT2D eigenvalue weighted by atomic mass is 10.1. The minimum Gasteiger partial charge on any atom is -0.456 e. The zero-order valence-electron chi connectivity index (χ0n) is 13.9. The fourth-order valence-corrected chi connectivity index (χ4v) is 3.27. The van der Waals surface area contributed by atoms with Crippen molar-refractivity contribution in [3.05, 3.63) is 48.0 Å². The molecule has 0 fully saturated rings. The van der Waals surface area contributed by atoms with Crippen LogP contribution in [-0.2, 0) is 13.8 Å². The first kappa shape index (κ1) is 17.6. The highest BCUT2D eigenvalue weighted by atomic mass is 35.7. The van der Waals surface area contributed by atoms with Crippen LogP contribution in [0.5, 0.6) is 0 Å². The van der Waals surface area contributed by atoms with E-state index in [2.05, 4.69) is 4.98 Å². The standard InChI is InChI=1S/C18H16ClNO4S/c1-18(2,3)24-17(21)14-9-12(25(19,22)23)10-16-13(14)8-11-6-4-5-7-15(11)20-16/h4-10H,1-3H3. The molecule has 2 aromatic carbocycles. The highest BCUT2D eigenvalue weighted by Crippen LogP contribution is 2.29. The Kier molecular flexibility index (Phi) is 4.21. The van der Waals surface area contributed by atoms with Gasteiger partial charge in [-0.1, -0.05) is 18.2 Å². The molecule has 5 nitrogen and oxygen atoms in total. The first-order valence-electron chi connectivity index (χ1n) is 7.56. The molecule has 1 aromatic heterocycles. The minimum atomic E-state index is -4.02. The molecule has 0 N–H and O–H groups in total. The van der Waals surface area contributed by atoms with E-state index in [0.717, 1.165) is 5.39 Å². The molecule has 0 bridgehead atoms. The molecule has 0 atom stereocenters.